The summed E-state index contributed by atoms with van der Waals surface area (Å²) in [6.45, 7) is 6.56. The Morgan fingerprint density at radius 2 is 1.86 bits per heavy atom. The first kappa shape index (κ1) is 30.1. The topological polar surface area (TPSA) is 143 Å². The predicted molar refractivity (Wildman–Crippen MR) is 167 cm³/mol. The molecule has 5 rings (SSSR count). The quantitative estimate of drug-likeness (QED) is 0.291. The van der Waals surface area contributed by atoms with Gasteiger partial charge in [0.2, 0.25) is 11.0 Å². The third kappa shape index (κ3) is 6.38. The zero-order chi connectivity index (χ0) is 30.7. The standard InChI is InChI=1S/C31H32N6O4S2/c1-5-41-21-12-8-19(9-13-21)34-25(39)17-42-30-36-35-29(43-30)37-23-14-31(2,3)15-24(38)27(23)26(22(16-32)28(37)33)18-6-10-20(40-4)11-7-18/h6-13,26H,5,14-15,17,33H2,1-4H3,(H,34,39). The number of ether oxygens (including phenoxy) is 2. The van der Waals surface area contributed by atoms with Crippen molar-refractivity contribution >= 4 is 45.6 Å². The molecule has 2 heterocycles. The van der Waals surface area contributed by atoms with Gasteiger partial charge in [0.15, 0.2) is 10.1 Å². The molecule has 0 radical (unpaired) electrons. The van der Waals surface area contributed by atoms with Gasteiger partial charge < -0.3 is 20.5 Å². The van der Waals surface area contributed by atoms with Gasteiger partial charge in [0.25, 0.3) is 0 Å². The number of allylic oxidation sites excluding steroid dienone is 3. The molecule has 222 valence electrons. The number of hydrogen-bond donors (Lipinski definition) is 2. The summed E-state index contributed by atoms with van der Waals surface area (Å²) in [5.41, 5.74) is 9.39. The van der Waals surface area contributed by atoms with Crippen LogP contribution in [0.15, 0.2) is 75.5 Å². The van der Waals surface area contributed by atoms with Crippen molar-refractivity contribution in [3.8, 4) is 17.6 Å². The number of Topliss-reactive ketones (excluding diaryl/α,β-unsaturated/α-hetero) is 1. The first-order chi connectivity index (χ1) is 20.6. The number of rotatable bonds is 9. The minimum atomic E-state index is -0.598. The molecule has 43 heavy (non-hydrogen) atoms. The number of nitrogens with two attached hydrogens (primary N) is 1. The van der Waals surface area contributed by atoms with Gasteiger partial charge >= 0.3 is 0 Å². The summed E-state index contributed by atoms with van der Waals surface area (Å²) in [5.74, 6) is 0.930. The molecule has 1 atom stereocenters. The highest BCUT2D eigenvalue weighted by Crippen LogP contribution is 2.50. The summed E-state index contributed by atoms with van der Waals surface area (Å²) in [6, 6.07) is 16.8. The van der Waals surface area contributed by atoms with Gasteiger partial charge in [0.05, 0.1) is 37.0 Å². The Hall–Kier alpha value is -4.34. The number of aromatic nitrogens is 2. The first-order valence-corrected chi connectivity index (χ1v) is 15.5. The number of nitrogens with zero attached hydrogens (tertiary/aromatic N) is 4. The van der Waals surface area contributed by atoms with E-state index in [1.165, 1.54) is 23.1 Å². The van der Waals surface area contributed by atoms with Crippen LogP contribution in [0.1, 0.15) is 45.1 Å². The van der Waals surface area contributed by atoms with Crippen molar-refractivity contribution in [3.05, 3.63) is 76.8 Å². The van der Waals surface area contributed by atoms with E-state index in [9.17, 15) is 14.9 Å². The highest BCUT2D eigenvalue weighted by atomic mass is 32.2. The van der Waals surface area contributed by atoms with E-state index < -0.39 is 5.92 Å². The van der Waals surface area contributed by atoms with Crippen molar-refractivity contribution in [3.63, 3.8) is 0 Å². The Balaban J connectivity index is 1.41. The average molecular weight is 617 g/mol. The Morgan fingerprint density at radius 1 is 1.16 bits per heavy atom. The Morgan fingerprint density at radius 3 is 2.51 bits per heavy atom. The van der Waals surface area contributed by atoms with Crippen LogP contribution in [0.25, 0.3) is 0 Å². The second-order valence-electron chi connectivity index (χ2n) is 10.9. The van der Waals surface area contributed by atoms with Crippen molar-refractivity contribution < 1.29 is 19.1 Å². The van der Waals surface area contributed by atoms with Crippen molar-refractivity contribution in [2.45, 2.75) is 43.9 Å². The molecule has 0 saturated heterocycles. The number of anilines is 2. The molecule has 1 amide bonds. The molecule has 2 aromatic carbocycles. The van der Waals surface area contributed by atoms with Crippen molar-refractivity contribution in [1.29, 1.82) is 5.26 Å². The SMILES string of the molecule is CCOc1ccc(NC(=O)CSc2nnc(N3C(N)=C(C#N)C(c4ccc(OC)cc4)C4=C3CC(C)(C)CC4=O)s2)cc1. The van der Waals surface area contributed by atoms with E-state index in [1.807, 2.05) is 45.0 Å². The van der Waals surface area contributed by atoms with E-state index >= 15 is 0 Å². The number of amides is 1. The molecule has 0 fully saturated rings. The molecule has 0 saturated carbocycles. The smallest absolute Gasteiger partial charge is 0.234 e. The summed E-state index contributed by atoms with van der Waals surface area (Å²) in [6.07, 6.45) is 0.915. The molecule has 1 aliphatic heterocycles. The molecule has 12 heteroatoms. The third-order valence-electron chi connectivity index (χ3n) is 7.19. The van der Waals surface area contributed by atoms with Crippen LogP contribution in [0.5, 0.6) is 11.5 Å². The van der Waals surface area contributed by atoms with E-state index in [4.69, 9.17) is 15.2 Å². The largest absolute Gasteiger partial charge is 0.497 e. The van der Waals surface area contributed by atoms with Crippen LogP contribution in [0.4, 0.5) is 10.8 Å². The maximum atomic E-state index is 13.7. The van der Waals surface area contributed by atoms with E-state index in [2.05, 4.69) is 21.6 Å². The maximum Gasteiger partial charge on any atom is 0.234 e. The fraction of sp³-hybridized carbons (Fsp3) is 0.323. The molecule has 0 spiro atoms. The lowest BCUT2D eigenvalue weighted by atomic mass is 9.68. The molecule has 1 aliphatic carbocycles. The fourth-order valence-corrected chi connectivity index (χ4v) is 7.01. The number of thioether (sulfide) groups is 1. The minimum Gasteiger partial charge on any atom is -0.497 e. The van der Waals surface area contributed by atoms with E-state index in [0.29, 0.717) is 45.9 Å². The molecule has 10 nitrogen and oxygen atoms in total. The number of hydrogen-bond acceptors (Lipinski definition) is 11. The van der Waals surface area contributed by atoms with Gasteiger partial charge in [-0.25, -0.2) is 0 Å². The summed E-state index contributed by atoms with van der Waals surface area (Å²) >= 11 is 2.50. The fourth-order valence-electron chi connectivity index (χ4n) is 5.33. The van der Waals surface area contributed by atoms with Crippen LogP contribution in [-0.4, -0.2) is 41.4 Å². The van der Waals surface area contributed by atoms with Gasteiger partial charge in [-0.1, -0.05) is 49.1 Å². The minimum absolute atomic E-state index is 0.0256. The van der Waals surface area contributed by atoms with Gasteiger partial charge in [-0.05, 0) is 60.7 Å². The Labute approximate surface area is 258 Å². The summed E-state index contributed by atoms with van der Waals surface area (Å²) in [5, 5.41) is 22.3. The van der Waals surface area contributed by atoms with Gasteiger partial charge in [-0.3, -0.25) is 14.5 Å². The van der Waals surface area contributed by atoms with Gasteiger partial charge in [0, 0.05) is 23.4 Å². The summed E-state index contributed by atoms with van der Waals surface area (Å²) in [4.78, 5) is 28.0. The van der Waals surface area contributed by atoms with Crippen molar-refractivity contribution in [1.82, 2.24) is 10.2 Å². The molecular formula is C31H32N6O4S2. The number of carbonyl (C=O) groups excluding carboxylic acids is 2. The number of nitrogens with one attached hydrogen (secondary N) is 1. The van der Waals surface area contributed by atoms with Gasteiger partial charge in [-0.15, -0.1) is 10.2 Å². The van der Waals surface area contributed by atoms with Gasteiger partial charge in [-0.2, -0.15) is 5.26 Å². The molecular weight excluding hydrogens is 585 g/mol. The monoisotopic (exact) mass is 616 g/mol. The molecule has 2 aliphatic rings. The van der Waals surface area contributed by atoms with Crippen LogP contribution in [0.3, 0.4) is 0 Å². The number of methoxy groups -OCH3 is 1. The van der Waals surface area contributed by atoms with Crippen LogP contribution in [0.2, 0.25) is 0 Å². The van der Waals surface area contributed by atoms with Gasteiger partial charge in [0.1, 0.15) is 17.3 Å². The number of nitriles is 1. The molecule has 1 unspecified atom stereocenters. The Bertz CT molecular complexity index is 1640. The second-order valence-corrected chi connectivity index (χ2v) is 13.1. The third-order valence-corrected chi connectivity index (χ3v) is 9.23. The first-order valence-electron chi connectivity index (χ1n) is 13.7. The highest BCUT2D eigenvalue weighted by molar-refractivity contribution is 8.01. The Kier molecular flexibility index (Phi) is 8.75. The van der Waals surface area contributed by atoms with Crippen molar-refractivity contribution in [2.75, 3.05) is 29.7 Å². The zero-order valence-electron chi connectivity index (χ0n) is 24.3. The normalized spacial score (nSPS) is 17.8. The zero-order valence-corrected chi connectivity index (χ0v) is 26.0. The van der Waals surface area contributed by atoms with Crippen LogP contribution >= 0.6 is 23.1 Å². The van der Waals surface area contributed by atoms with Crippen LogP contribution in [-0.2, 0) is 9.59 Å². The second kappa shape index (κ2) is 12.5. The maximum absolute atomic E-state index is 13.7. The molecule has 3 aromatic rings. The van der Waals surface area contributed by atoms with E-state index in [-0.39, 0.29) is 34.3 Å². The number of carbonyl (C=O) groups is 2. The highest BCUT2D eigenvalue weighted by Gasteiger charge is 2.45. The summed E-state index contributed by atoms with van der Waals surface area (Å²) < 4.78 is 11.3. The number of benzene rings is 2. The van der Waals surface area contributed by atoms with E-state index in [1.54, 1.807) is 36.3 Å². The molecule has 3 N–H and O–H groups in total. The molecule has 0 bridgehead atoms. The average Bonchev–Trinajstić information content (AvgIpc) is 3.44. The van der Waals surface area contributed by atoms with Crippen LogP contribution in [0, 0.1) is 16.7 Å². The number of ketones is 1. The van der Waals surface area contributed by atoms with Crippen LogP contribution < -0.4 is 25.4 Å². The predicted octanol–water partition coefficient (Wildman–Crippen LogP) is 5.62. The van der Waals surface area contributed by atoms with Crippen molar-refractivity contribution in [2.24, 2.45) is 11.1 Å². The summed E-state index contributed by atoms with van der Waals surface area (Å²) in [7, 11) is 1.59. The lowest BCUT2D eigenvalue weighted by Crippen LogP contribution is -2.42. The van der Waals surface area contributed by atoms with E-state index in [0.717, 1.165) is 17.0 Å². The lowest BCUT2D eigenvalue weighted by Gasteiger charge is -2.42. The lowest BCUT2D eigenvalue weighted by molar-refractivity contribution is -0.118. The molecule has 1 aromatic heterocycles.